The number of pyridine rings is 1. The minimum Gasteiger partial charge on any atom is -0.359 e. The Bertz CT molecular complexity index is 620. The zero-order valence-electron chi connectivity index (χ0n) is 12.7. The molecular formula is C17H22ClN3. The van der Waals surface area contributed by atoms with Crippen LogP contribution in [0.2, 0.25) is 5.15 Å². The smallest absolute Gasteiger partial charge is 0.139 e. The van der Waals surface area contributed by atoms with Gasteiger partial charge in [0.25, 0.3) is 0 Å². The third-order valence-corrected chi connectivity index (χ3v) is 4.73. The van der Waals surface area contributed by atoms with Gasteiger partial charge >= 0.3 is 0 Å². The van der Waals surface area contributed by atoms with E-state index in [0.717, 1.165) is 29.1 Å². The average molecular weight is 304 g/mol. The molecule has 1 aromatic carbocycles. The summed E-state index contributed by atoms with van der Waals surface area (Å²) < 4.78 is 0. The number of rotatable bonds is 3. The summed E-state index contributed by atoms with van der Waals surface area (Å²) in [6, 6.07) is 10.3. The lowest BCUT2D eigenvalue weighted by molar-refractivity contribution is 0.222. The van der Waals surface area contributed by atoms with Crippen LogP contribution in [0, 0.1) is 5.92 Å². The second-order valence-electron chi connectivity index (χ2n) is 6.12. The molecule has 112 valence electrons. The third kappa shape index (κ3) is 3.30. The van der Waals surface area contributed by atoms with Crippen molar-refractivity contribution in [3.8, 4) is 0 Å². The molecule has 0 atom stereocenters. The molecule has 1 fully saturated rings. The number of fused-ring (bicyclic) bond motifs is 1. The molecule has 1 aliphatic rings. The van der Waals surface area contributed by atoms with Crippen molar-refractivity contribution in [3.63, 3.8) is 0 Å². The number of nitrogens with zero attached hydrogens (tertiary/aromatic N) is 3. The minimum atomic E-state index is 0.596. The minimum absolute atomic E-state index is 0.596. The van der Waals surface area contributed by atoms with Gasteiger partial charge in [-0.15, -0.1) is 0 Å². The van der Waals surface area contributed by atoms with Crippen LogP contribution in [-0.2, 0) is 0 Å². The van der Waals surface area contributed by atoms with Gasteiger partial charge in [-0.05, 0) is 50.3 Å². The zero-order chi connectivity index (χ0) is 14.8. The molecule has 1 aliphatic heterocycles. The van der Waals surface area contributed by atoms with Crippen LogP contribution in [0.25, 0.3) is 10.8 Å². The maximum absolute atomic E-state index is 6.32. The SMILES string of the molecule is CN1CCC(CN(C)c2cc3ccccc3c(Cl)n2)CC1. The van der Waals surface area contributed by atoms with Crippen molar-refractivity contribution in [2.45, 2.75) is 12.8 Å². The largest absolute Gasteiger partial charge is 0.359 e. The monoisotopic (exact) mass is 303 g/mol. The highest BCUT2D eigenvalue weighted by Gasteiger charge is 2.19. The molecular weight excluding hydrogens is 282 g/mol. The zero-order valence-corrected chi connectivity index (χ0v) is 13.5. The number of anilines is 1. The predicted octanol–water partition coefficient (Wildman–Crippen LogP) is 3.67. The van der Waals surface area contributed by atoms with E-state index in [-0.39, 0.29) is 0 Å². The van der Waals surface area contributed by atoms with Gasteiger partial charge in [0.15, 0.2) is 0 Å². The van der Waals surface area contributed by atoms with E-state index >= 15 is 0 Å². The highest BCUT2D eigenvalue weighted by atomic mass is 35.5. The Morgan fingerprint density at radius 1 is 1.29 bits per heavy atom. The summed E-state index contributed by atoms with van der Waals surface area (Å²) in [5.41, 5.74) is 0. The van der Waals surface area contributed by atoms with Crippen LogP contribution in [0.15, 0.2) is 30.3 Å². The molecule has 0 unspecified atom stereocenters. The van der Waals surface area contributed by atoms with E-state index < -0.39 is 0 Å². The van der Waals surface area contributed by atoms with E-state index in [1.54, 1.807) is 0 Å². The van der Waals surface area contributed by atoms with Crippen LogP contribution in [-0.4, -0.2) is 43.6 Å². The van der Waals surface area contributed by atoms with Gasteiger partial charge in [0, 0.05) is 19.0 Å². The molecule has 0 aliphatic carbocycles. The summed E-state index contributed by atoms with van der Waals surface area (Å²) in [5.74, 6) is 1.72. The van der Waals surface area contributed by atoms with Gasteiger partial charge in [-0.1, -0.05) is 35.9 Å². The summed E-state index contributed by atoms with van der Waals surface area (Å²) in [6.07, 6.45) is 2.53. The number of piperidine rings is 1. The fourth-order valence-corrected chi connectivity index (χ4v) is 3.32. The fourth-order valence-electron chi connectivity index (χ4n) is 3.06. The molecule has 2 heterocycles. The molecule has 0 amide bonds. The van der Waals surface area contributed by atoms with E-state index in [1.807, 2.05) is 18.2 Å². The number of likely N-dealkylation sites (tertiary alicyclic amines) is 1. The Morgan fingerprint density at radius 2 is 2.00 bits per heavy atom. The van der Waals surface area contributed by atoms with E-state index in [9.17, 15) is 0 Å². The van der Waals surface area contributed by atoms with Crippen LogP contribution in [0.5, 0.6) is 0 Å². The molecule has 0 N–H and O–H groups in total. The van der Waals surface area contributed by atoms with Crippen molar-refractivity contribution in [1.29, 1.82) is 0 Å². The number of aromatic nitrogens is 1. The van der Waals surface area contributed by atoms with Crippen molar-refractivity contribution in [1.82, 2.24) is 9.88 Å². The summed E-state index contributed by atoms with van der Waals surface area (Å²) >= 11 is 6.32. The first-order valence-corrected chi connectivity index (χ1v) is 7.96. The van der Waals surface area contributed by atoms with Gasteiger partial charge in [0.1, 0.15) is 11.0 Å². The normalized spacial score (nSPS) is 17.3. The number of halogens is 1. The first-order chi connectivity index (χ1) is 10.1. The molecule has 0 saturated carbocycles. The molecule has 3 nitrogen and oxygen atoms in total. The van der Waals surface area contributed by atoms with Gasteiger partial charge < -0.3 is 9.80 Å². The lowest BCUT2D eigenvalue weighted by Gasteiger charge is -2.32. The van der Waals surface area contributed by atoms with Crippen molar-refractivity contribution in [3.05, 3.63) is 35.5 Å². The van der Waals surface area contributed by atoms with Gasteiger partial charge in [-0.3, -0.25) is 0 Å². The second kappa shape index (κ2) is 6.20. The van der Waals surface area contributed by atoms with Crippen LogP contribution >= 0.6 is 11.6 Å². The van der Waals surface area contributed by atoms with Crippen molar-refractivity contribution >= 4 is 28.2 Å². The molecule has 1 aromatic heterocycles. The van der Waals surface area contributed by atoms with E-state index in [2.05, 4.69) is 41.0 Å². The maximum Gasteiger partial charge on any atom is 0.139 e. The Labute approximate surface area is 131 Å². The number of hydrogen-bond donors (Lipinski definition) is 0. The second-order valence-corrected chi connectivity index (χ2v) is 6.48. The number of benzene rings is 1. The fraction of sp³-hybridized carbons (Fsp3) is 0.471. The van der Waals surface area contributed by atoms with Crippen LogP contribution < -0.4 is 4.90 Å². The predicted molar refractivity (Wildman–Crippen MR) is 90.2 cm³/mol. The molecule has 0 radical (unpaired) electrons. The molecule has 0 bridgehead atoms. The number of hydrogen-bond acceptors (Lipinski definition) is 3. The standard InChI is InChI=1S/C17H22ClN3/c1-20-9-7-13(8-10-20)12-21(2)16-11-14-5-3-4-6-15(14)17(18)19-16/h3-6,11,13H,7-10,12H2,1-2H3. The lowest BCUT2D eigenvalue weighted by atomic mass is 9.96. The van der Waals surface area contributed by atoms with E-state index in [0.29, 0.717) is 5.15 Å². The quantitative estimate of drug-likeness (QED) is 0.807. The van der Waals surface area contributed by atoms with E-state index in [1.165, 1.54) is 25.9 Å². The van der Waals surface area contributed by atoms with Gasteiger partial charge in [-0.25, -0.2) is 4.98 Å². The molecule has 2 aromatic rings. The Hall–Kier alpha value is -1.32. The molecule has 3 rings (SSSR count). The first kappa shape index (κ1) is 14.6. The highest BCUT2D eigenvalue weighted by Crippen LogP contribution is 2.27. The van der Waals surface area contributed by atoms with E-state index in [4.69, 9.17) is 11.6 Å². The van der Waals surface area contributed by atoms with Crippen molar-refractivity contribution < 1.29 is 0 Å². The lowest BCUT2D eigenvalue weighted by Crippen LogP contribution is -2.35. The van der Waals surface area contributed by atoms with Crippen LogP contribution in [0.3, 0.4) is 0 Å². The summed E-state index contributed by atoms with van der Waals surface area (Å²) in [5, 5.41) is 2.77. The molecule has 21 heavy (non-hydrogen) atoms. The highest BCUT2D eigenvalue weighted by molar-refractivity contribution is 6.34. The Morgan fingerprint density at radius 3 is 2.76 bits per heavy atom. The third-order valence-electron chi connectivity index (χ3n) is 4.44. The Kier molecular flexibility index (Phi) is 4.32. The summed E-state index contributed by atoms with van der Waals surface area (Å²) in [7, 11) is 4.32. The molecule has 4 heteroatoms. The van der Waals surface area contributed by atoms with Crippen LogP contribution in [0.4, 0.5) is 5.82 Å². The molecule has 0 spiro atoms. The van der Waals surface area contributed by atoms with Gasteiger partial charge in [-0.2, -0.15) is 0 Å². The van der Waals surface area contributed by atoms with Crippen molar-refractivity contribution in [2.75, 3.05) is 38.6 Å². The van der Waals surface area contributed by atoms with Crippen LogP contribution in [0.1, 0.15) is 12.8 Å². The summed E-state index contributed by atoms with van der Waals surface area (Å²) in [4.78, 5) is 9.21. The topological polar surface area (TPSA) is 19.4 Å². The maximum atomic E-state index is 6.32. The molecule has 1 saturated heterocycles. The summed E-state index contributed by atoms with van der Waals surface area (Å²) in [6.45, 7) is 3.45. The average Bonchev–Trinajstić information content (AvgIpc) is 2.49. The van der Waals surface area contributed by atoms with Gasteiger partial charge in [0.05, 0.1) is 0 Å². The first-order valence-electron chi connectivity index (χ1n) is 7.58. The van der Waals surface area contributed by atoms with Crippen molar-refractivity contribution in [2.24, 2.45) is 5.92 Å². The Balaban J connectivity index is 1.76. The van der Waals surface area contributed by atoms with Gasteiger partial charge in [0.2, 0.25) is 0 Å².